The predicted octanol–water partition coefficient (Wildman–Crippen LogP) is 1.46. The fourth-order valence-corrected chi connectivity index (χ4v) is 4.82. The SMILES string of the molecule is O=C(C1CCCN1S(=O)(=O)c1ccccc1)N1CCCC1. The van der Waals surface area contributed by atoms with E-state index in [1.165, 1.54) is 4.31 Å². The highest BCUT2D eigenvalue weighted by Crippen LogP contribution is 2.28. The summed E-state index contributed by atoms with van der Waals surface area (Å²) in [5.41, 5.74) is 0. The van der Waals surface area contributed by atoms with Crippen LogP contribution in [0.25, 0.3) is 0 Å². The number of nitrogens with zero attached hydrogens (tertiary/aromatic N) is 2. The molecule has 0 bridgehead atoms. The molecule has 5 nitrogen and oxygen atoms in total. The Balaban J connectivity index is 1.85. The second-order valence-electron chi connectivity index (χ2n) is 5.62. The van der Waals surface area contributed by atoms with Gasteiger partial charge >= 0.3 is 0 Å². The summed E-state index contributed by atoms with van der Waals surface area (Å²) in [6.07, 6.45) is 3.41. The number of carbonyl (C=O) groups is 1. The van der Waals surface area contributed by atoms with Crippen molar-refractivity contribution in [3.63, 3.8) is 0 Å². The van der Waals surface area contributed by atoms with Gasteiger partial charge in [0.2, 0.25) is 15.9 Å². The van der Waals surface area contributed by atoms with Crippen molar-refractivity contribution >= 4 is 15.9 Å². The Morgan fingerprint density at radius 3 is 2.33 bits per heavy atom. The molecule has 2 aliphatic heterocycles. The van der Waals surface area contributed by atoms with E-state index in [1.54, 1.807) is 30.3 Å². The lowest BCUT2D eigenvalue weighted by Crippen LogP contribution is -2.46. The van der Waals surface area contributed by atoms with Crippen LogP contribution in [0.1, 0.15) is 25.7 Å². The van der Waals surface area contributed by atoms with Gasteiger partial charge in [-0.05, 0) is 37.8 Å². The summed E-state index contributed by atoms with van der Waals surface area (Å²) in [5.74, 6) is -0.0236. The molecule has 0 radical (unpaired) electrons. The van der Waals surface area contributed by atoms with Crippen molar-refractivity contribution in [1.82, 2.24) is 9.21 Å². The third kappa shape index (κ3) is 2.70. The third-order valence-electron chi connectivity index (χ3n) is 4.26. The van der Waals surface area contributed by atoms with Crippen LogP contribution in [0.5, 0.6) is 0 Å². The Bertz CT molecular complexity index is 609. The van der Waals surface area contributed by atoms with E-state index in [-0.39, 0.29) is 10.8 Å². The number of sulfonamides is 1. The molecule has 21 heavy (non-hydrogen) atoms. The summed E-state index contributed by atoms with van der Waals surface area (Å²) < 4.78 is 26.8. The molecule has 2 heterocycles. The molecule has 3 rings (SSSR count). The smallest absolute Gasteiger partial charge is 0.243 e. The third-order valence-corrected chi connectivity index (χ3v) is 6.18. The van der Waals surface area contributed by atoms with Crippen LogP contribution < -0.4 is 0 Å². The standard InChI is InChI=1S/C15H20N2O3S/c18-15(16-10-4-5-11-16)14-9-6-12-17(14)21(19,20)13-7-2-1-3-8-13/h1-3,7-8,14H,4-6,9-12H2. The van der Waals surface area contributed by atoms with E-state index in [4.69, 9.17) is 0 Å². The molecule has 0 N–H and O–H groups in total. The van der Waals surface area contributed by atoms with Gasteiger partial charge in [0.05, 0.1) is 4.90 Å². The first kappa shape index (κ1) is 14.5. The van der Waals surface area contributed by atoms with Crippen LogP contribution in [-0.2, 0) is 14.8 Å². The number of rotatable bonds is 3. The number of benzene rings is 1. The lowest BCUT2D eigenvalue weighted by Gasteiger charge is -2.27. The van der Waals surface area contributed by atoms with Crippen molar-refractivity contribution in [2.45, 2.75) is 36.6 Å². The van der Waals surface area contributed by atoms with Crippen molar-refractivity contribution in [3.05, 3.63) is 30.3 Å². The molecule has 1 aromatic carbocycles. The van der Waals surface area contributed by atoms with E-state index in [1.807, 2.05) is 4.90 Å². The van der Waals surface area contributed by atoms with Gasteiger partial charge < -0.3 is 4.90 Å². The van der Waals surface area contributed by atoms with E-state index in [0.717, 1.165) is 32.4 Å². The van der Waals surface area contributed by atoms with E-state index < -0.39 is 16.1 Å². The van der Waals surface area contributed by atoms with Crippen LogP contribution >= 0.6 is 0 Å². The molecule has 6 heteroatoms. The lowest BCUT2D eigenvalue weighted by atomic mass is 10.2. The largest absolute Gasteiger partial charge is 0.341 e. The highest BCUT2D eigenvalue weighted by Gasteiger charge is 2.41. The molecule has 1 unspecified atom stereocenters. The van der Waals surface area contributed by atoms with Gasteiger partial charge in [-0.25, -0.2) is 8.42 Å². The van der Waals surface area contributed by atoms with Crippen molar-refractivity contribution < 1.29 is 13.2 Å². The van der Waals surface area contributed by atoms with E-state index in [9.17, 15) is 13.2 Å². The molecule has 114 valence electrons. The monoisotopic (exact) mass is 308 g/mol. The normalized spacial score (nSPS) is 23.6. The van der Waals surface area contributed by atoms with Gasteiger partial charge in [0.25, 0.3) is 0 Å². The molecule has 1 aromatic rings. The first-order valence-electron chi connectivity index (χ1n) is 7.46. The first-order valence-corrected chi connectivity index (χ1v) is 8.90. The van der Waals surface area contributed by atoms with Gasteiger partial charge in [0, 0.05) is 19.6 Å². The second kappa shape index (κ2) is 5.77. The van der Waals surface area contributed by atoms with Crippen LogP contribution in [-0.4, -0.2) is 49.2 Å². The van der Waals surface area contributed by atoms with Gasteiger partial charge in [-0.1, -0.05) is 18.2 Å². The zero-order valence-corrected chi connectivity index (χ0v) is 12.8. The number of carbonyl (C=O) groups excluding carboxylic acids is 1. The minimum absolute atomic E-state index is 0.0236. The van der Waals surface area contributed by atoms with Gasteiger partial charge in [-0.3, -0.25) is 4.79 Å². The Morgan fingerprint density at radius 1 is 1.00 bits per heavy atom. The summed E-state index contributed by atoms with van der Waals surface area (Å²) in [6, 6.07) is 7.86. The number of likely N-dealkylation sites (tertiary alicyclic amines) is 1. The summed E-state index contributed by atoms with van der Waals surface area (Å²) in [5, 5.41) is 0. The summed E-state index contributed by atoms with van der Waals surface area (Å²) in [7, 11) is -3.58. The average molecular weight is 308 g/mol. The number of amides is 1. The molecule has 2 saturated heterocycles. The molecule has 0 spiro atoms. The molecule has 2 aliphatic rings. The fourth-order valence-electron chi connectivity index (χ4n) is 3.15. The second-order valence-corrected chi connectivity index (χ2v) is 7.51. The topological polar surface area (TPSA) is 57.7 Å². The zero-order valence-electron chi connectivity index (χ0n) is 11.9. The predicted molar refractivity (Wildman–Crippen MR) is 79.2 cm³/mol. The number of hydrogen-bond acceptors (Lipinski definition) is 3. The molecule has 1 atom stereocenters. The van der Waals surface area contributed by atoms with E-state index >= 15 is 0 Å². The molecular formula is C15H20N2O3S. The van der Waals surface area contributed by atoms with E-state index in [2.05, 4.69) is 0 Å². The number of hydrogen-bond donors (Lipinski definition) is 0. The average Bonchev–Trinajstić information content (AvgIpc) is 3.19. The van der Waals surface area contributed by atoms with Gasteiger partial charge in [0.15, 0.2) is 0 Å². The quantitative estimate of drug-likeness (QED) is 0.849. The summed E-state index contributed by atoms with van der Waals surface area (Å²) in [6.45, 7) is 1.95. The van der Waals surface area contributed by atoms with Gasteiger partial charge in [-0.15, -0.1) is 0 Å². The van der Waals surface area contributed by atoms with Crippen molar-refractivity contribution in [2.75, 3.05) is 19.6 Å². The van der Waals surface area contributed by atoms with Crippen molar-refractivity contribution in [2.24, 2.45) is 0 Å². The Morgan fingerprint density at radius 2 is 1.67 bits per heavy atom. The lowest BCUT2D eigenvalue weighted by molar-refractivity contribution is -0.133. The fraction of sp³-hybridized carbons (Fsp3) is 0.533. The van der Waals surface area contributed by atoms with Crippen molar-refractivity contribution in [3.8, 4) is 0 Å². The van der Waals surface area contributed by atoms with Crippen molar-refractivity contribution in [1.29, 1.82) is 0 Å². The minimum atomic E-state index is -3.58. The highest BCUT2D eigenvalue weighted by atomic mass is 32.2. The Labute approximate surface area is 125 Å². The molecule has 0 saturated carbocycles. The van der Waals surface area contributed by atoms with Gasteiger partial charge in [0.1, 0.15) is 6.04 Å². The summed E-state index contributed by atoms with van der Waals surface area (Å²) >= 11 is 0. The van der Waals surface area contributed by atoms with Crippen LogP contribution in [0.3, 0.4) is 0 Å². The van der Waals surface area contributed by atoms with Gasteiger partial charge in [-0.2, -0.15) is 4.31 Å². The Kier molecular flexibility index (Phi) is 3.99. The first-order chi connectivity index (χ1) is 10.1. The minimum Gasteiger partial charge on any atom is -0.341 e. The molecular weight excluding hydrogens is 288 g/mol. The van der Waals surface area contributed by atoms with Crippen LogP contribution in [0.15, 0.2) is 35.2 Å². The van der Waals surface area contributed by atoms with Crippen LogP contribution in [0, 0.1) is 0 Å². The summed E-state index contributed by atoms with van der Waals surface area (Å²) in [4.78, 5) is 14.6. The maximum atomic E-state index is 12.7. The maximum Gasteiger partial charge on any atom is 0.243 e. The Hall–Kier alpha value is -1.40. The maximum absolute atomic E-state index is 12.7. The molecule has 0 aromatic heterocycles. The van der Waals surface area contributed by atoms with E-state index in [0.29, 0.717) is 13.0 Å². The molecule has 1 amide bonds. The molecule has 2 fully saturated rings. The van der Waals surface area contributed by atoms with Crippen LogP contribution in [0.2, 0.25) is 0 Å². The molecule has 0 aliphatic carbocycles. The highest BCUT2D eigenvalue weighted by molar-refractivity contribution is 7.89. The zero-order chi connectivity index (χ0) is 14.9. The van der Waals surface area contributed by atoms with Crippen LogP contribution in [0.4, 0.5) is 0 Å².